The standard InChI is InChI=1S/C24H27NO/c1-4-5-6-20-9-13-22(14-10-20)25(21-11-7-19(2)8-12-21)23-15-17-24(26-3)18-16-23/h7-18H,4-6H2,1-3H3. The lowest BCUT2D eigenvalue weighted by Crippen LogP contribution is -2.10. The van der Waals surface area contributed by atoms with Crippen LogP contribution in [0.3, 0.4) is 0 Å². The zero-order chi connectivity index (χ0) is 18.4. The molecule has 0 aliphatic rings. The molecular weight excluding hydrogens is 318 g/mol. The number of anilines is 3. The van der Waals surface area contributed by atoms with Crippen LogP contribution >= 0.6 is 0 Å². The second-order valence-electron chi connectivity index (χ2n) is 6.64. The largest absolute Gasteiger partial charge is 0.497 e. The first-order chi connectivity index (χ1) is 12.7. The summed E-state index contributed by atoms with van der Waals surface area (Å²) in [5.41, 5.74) is 6.10. The van der Waals surface area contributed by atoms with Gasteiger partial charge in [0.1, 0.15) is 5.75 Å². The molecule has 0 saturated carbocycles. The third-order valence-electron chi connectivity index (χ3n) is 4.64. The first-order valence-electron chi connectivity index (χ1n) is 9.31. The van der Waals surface area contributed by atoms with Gasteiger partial charge in [-0.25, -0.2) is 0 Å². The van der Waals surface area contributed by atoms with Gasteiger partial charge in [-0.1, -0.05) is 43.2 Å². The van der Waals surface area contributed by atoms with Gasteiger partial charge in [-0.2, -0.15) is 0 Å². The van der Waals surface area contributed by atoms with Crippen LogP contribution in [0.25, 0.3) is 0 Å². The maximum atomic E-state index is 5.31. The number of rotatable bonds is 7. The van der Waals surface area contributed by atoms with Crippen molar-refractivity contribution in [2.45, 2.75) is 33.1 Å². The average molecular weight is 345 g/mol. The zero-order valence-electron chi connectivity index (χ0n) is 15.9. The van der Waals surface area contributed by atoms with Crippen LogP contribution in [0.1, 0.15) is 30.9 Å². The Morgan fingerprint density at radius 1 is 0.731 bits per heavy atom. The Balaban J connectivity index is 1.97. The Kier molecular flexibility index (Phi) is 5.96. The molecule has 0 saturated heterocycles. The molecule has 0 aliphatic carbocycles. The highest BCUT2D eigenvalue weighted by Gasteiger charge is 2.12. The second kappa shape index (κ2) is 8.57. The van der Waals surface area contributed by atoms with Gasteiger partial charge in [0, 0.05) is 17.1 Å². The summed E-state index contributed by atoms with van der Waals surface area (Å²) < 4.78 is 5.31. The van der Waals surface area contributed by atoms with Crippen molar-refractivity contribution in [2.24, 2.45) is 0 Å². The molecule has 3 rings (SSSR count). The molecule has 0 aromatic heterocycles. The van der Waals surface area contributed by atoms with Crippen LogP contribution in [-0.2, 0) is 6.42 Å². The van der Waals surface area contributed by atoms with Gasteiger partial charge in [-0.3, -0.25) is 0 Å². The predicted molar refractivity (Wildman–Crippen MR) is 111 cm³/mol. The Morgan fingerprint density at radius 2 is 1.23 bits per heavy atom. The Bertz CT molecular complexity index is 804. The molecule has 0 fully saturated rings. The van der Waals surface area contributed by atoms with Crippen molar-refractivity contribution in [1.82, 2.24) is 0 Å². The van der Waals surface area contributed by atoms with E-state index < -0.39 is 0 Å². The van der Waals surface area contributed by atoms with Gasteiger partial charge in [0.25, 0.3) is 0 Å². The Hall–Kier alpha value is -2.74. The zero-order valence-corrected chi connectivity index (χ0v) is 15.9. The van der Waals surface area contributed by atoms with E-state index in [0.717, 1.165) is 23.5 Å². The van der Waals surface area contributed by atoms with Crippen molar-refractivity contribution in [3.8, 4) is 5.75 Å². The summed E-state index contributed by atoms with van der Waals surface area (Å²) in [7, 11) is 1.70. The minimum Gasteiger partial charge on any atom is -0.497 e. The van der Waals surface area contributed by atoms with Crippen LogP contribution in [-0.4, -0.2) is 7.11 Å². The number of benzene rings is 3. The SMILES string of the molecule is CCCCc1ccc(N(c2ccc(C)cc2)c2ccc(OC)cc2)cc1. The van der Waals surface area contributed by atoms with Gasteiger partial charge < -0.3 is 9.64 Å². The smallest absolute Gasteiger partial charge is 0.119 e. The van der Waals surface area contributed by atoms with Crippen molar-refractivity contribution in [3.63, 3.8) is 0 Å². The fourth-order valence-corrected chi connectivity index (χ4v) is 3.06. The minimum atomic E-state index is 0.868. The molecule has 0 bridgehead atoms. The van der Waals surface area contributed by atoms with E-state index in [1.54, 1.807) is 7.11 Å². The van der Waals surface area contributed by atoms with E-state index in [4.69, 9.17) is 4.74 Å². The van der Waals surface area contributed by atoms with Crippen molar-refractivity contribution < 1.29 is 4.74 Å². The fourth-order valence-electron chi connectivity index (χ4n) is 3.06. The van der Waals surface area contributed by atoms with E-state index in [1.165, 1.54) is 29.7 Å². The van der Waals surface area contributed by atoms with Gasteiger partial charge >= 0.3 is 0 Å². The quantitative estimate of drug-likeness (QED) is 0.466. The van der Waals surface area contributed by atoms with Crippen LogP contribution in [0.5, 0.6) is 5.75 Å². The summed E-state index contributed by atoms with van der Waals surface area (Å²) in [6.45, 7) is 4.35. The summed E-state index contributed by atoms with van der Waals surface area (Å²) in [6, 6.07) is 25.8. The molecule has 2 nitrogen and oxygen atoms in total. The topological polar surface area (TPSA) is 12.5 Å². The molecule has 0 atom stereocenters. The van der Waals surface area contributed by atoms with Crippen LogP contribution in [0.4, 0.5) is 17.1 Å². The number of methoxy groups -OCH3 is 1. The first-order valence-corrected chi connectivity index (χ1v) is 9.31. The van der Waals surface area contributed by atoms with Crippen molar-refractivity contribution >= 4 is 17.1 Å². The van der Waals surface area contributed by atoms with Crippen LogP contribution in [0.15, 0.2) is 72.8 Å². The van der Waals surface area contributed by atoms with Crippen molar-refractivity contribution in [1.29, 1.82) is 0 Å². The summed E-state index contributed by atoms with van der Waals surface area (Å²) in [5, 5.41) is 0. The molecule has 26 heavy (non-hydrogen) atoms. The molecule has 0 radical (unpaired) electrons. The normalized spacial score (nSPS) is 10.6. The van der Waals surface area contributed by atoms with Crippen LogP contribution in [0.2, 0.25) is 0 Å². The summed E-state index contributed by atoms with van der Waals surface area (Å²) in [4.78, 5) is 2.28. The Morgan fingerprint density at radius 3 is 1.73 bits per heavy atom. The van der Waals surface area contributed by atoms with E-state index >= 15 is 0 Å². The lowest BCUT2D eigenvalue weighted by atomic mass is 10.1. The number of hydrogen-bond acceptors (Lipinski definition) is 2. The molecule has 0 spiro atoms. The summed E-state index contributed by atoms with van der Waals surface area (Å²) in [5.74, 6) is 0.868. The molecular formula is C24H27NO. The molecule has 3 aromatic rings. The molecule has 0 amide bonds. The maximum absolute atomic E-state index is 5.31. The van der Waals surface area contributed by atoms with E-state index in [0.29, 0.717) is 0 Å². The van der Waals surface area contributed by atoms with E-state index in [-0.39, 0.29) is 0 Å². The molecule has 0 heterocycles. The van der Waals surface area contributed by atoms with Crippen LogP contribution < -0.4 is 9.64 Å². The monoisotopic (exact) mass is 345 g/mol. The van der Waals surface area contributed by atoms with E-state index in [2.05, 4.69) is 79.4 Å². The number of ether oxygens (including phenoxy) is 1. The van der Waals surface area contributed by atoms with E-state index in [9.17, 15) is 0 Å². The van der Waals surface area contributed by atoms with Gasteiger partial charge in [0.05, 0.1) is 7.11 Å². The van der Waals surface area contributed by atoms with Crippen LogP contribution in [0, 0.1) is 6.92 Å². The molecule has 3 aromatic carbocycles. The molecule has 2 heteroatoms. The number of unbranched alkanes of at least 4 members (excludes halogenated alkanes) is 1. The third-order valence-corrected chi connectivity index (χ3v) is 4.64. The molecule has 0 aliphatic heterocycles. The Labute approximate surface area is 157 Å². The van der Waals surface area contributed by atoms with E-state index in [1.807, 2.05) is 12.1 Å². The predicted octanol–water partition coefficient (Wildman–Crippen LogP) is 6.82. The van der Waals surface area contributed by atoms with Crippen molar-refractivity contribution in [2.75, 3.05) is 12.0 Å². The highest BCUT2D eigenvalue weighted by Crippen LogP contribution is 2.35. The van der Waals surface area contributed by atoms with Gasteiger partial charge in [-0.15, -0.1) is 0 Å². The van der Waals surface area contributed by atoms with Crippen molar-refractivity contribution in [3.05, 3.63) is 83.9 Å². The summed E-state index contributed by atoms with van der Waals surface area (Å²) in [6.07, 6.45) is 3.60. The van der Waals surface area contributed by atoms with Gasteiger partial charge in [0.15, 0.2) is 0 Å². The number of aryl methyl sites for hydroxylation is 2. The lowest BCUT2D eigenvalue weighted by molar-refractivity contribution is 0.415. The average Bonchev–Trinajstić information content (AvgIpc) is 2.69. The highest BCUT2D eigenvalue weighted by atomic mass is 16.5. The first kappa shape index (κ1) is 18.1. The summed E-state index contributed by atoms with van der Waals surface area (Å²) >= 11 is 0. The van der Waals surface area contributed by atoms with Gasteiger partial charge in [0.2, 0.25) is 0 Å². The molecule has 0 unspecified atom stereocenters. The maximum Gasteiger partial charge on any atom is 0.119 e. The number of hydrogen-bond donors (Lipinski definition) is 0. The minimum absolute atomic E-state index is 0.868. The number of nitrogens with zero attached hydrogens (tertiary/aromatic N) is 1. The molecule has 134 valence electrons. The third kappa shape index (κ3) is 4.26. The van der Waals surface area contributed by atoms with Gasteiger partial charge in [-0.05, 0) is 73.9 Å². The highest BCUT2D eigenvalue weighted by molar-refractivity contribution is 5.76. The second-order valence-corrected chi connectivity index (χ2v) is 6.64. The lowest BCUT2D eigenvalue weighted by Gasteiger charge is -2.26. The fraction of sp³-hybridized carbons (Fsp3) is 0.250. The molecule has 0 N–H and O–H groups in total.